The number of carbonyl (C=O) groups is 1. The standard InChI is InChI=1S/C15H23N3O2/c1-11(10-20-2)17-15(19)9-18-8-4-5-12-13(16)6-3-7-14(12)18/h3,6-7,11H,4-5,8-10,16H2,1-2H3,(H,17,19). The number of anilines is 2. The van der Waals surface area contributed by atoms with E-state index in [4.69, 9.17) is 10.5 Å². The summed E-state index contributed by atoms with van der Waals surface area (Å²) in [6.45, 7) is 3.71. The van der Waals surface area contributed by atoms with Gasteiger partial charge in [-0.3, -0.25) is 4.79 Å². The van der Waals surface area contributed by atoms with E-state index in [0.717, 1.165) is 36.3 Å². The minimum atomic E-state index is 0.0184. The SMILES string of the molecule is COCC(C)NC(=O)CN1CCCc2c(N)cccc21. The van der Waals surface area contributed by atoms with Gasteiger partial charge in [0, 0.05) is 31.1 Å². The number of amides is 1. The molecule has 0 fully saturated rings. The zero-order valence-corrected chi connectivity index (χ0v) is 12.2. The Labute approximate surface area is 120 Å². The normalized spacial score (nSPS) is 15.6. The molecule has 1 aromatic rings. The first kappa shape index (κ1) is 14.7. The number of rotatable bonds is 5. The van der Waals surface area contributed by atoms with Gasteiger partial charge >= 0.3 is 0 Å². The van der Waals surface area contributed by atoms with Crippen molar-refractivity contribution in [3.05, 3.63) is 23.8 Å². The molecule has 0 radical (unpaired) electrons. The Hall–Kier alpha value is -1.75. The van der Waals surface area contributed by atoms with Crippen LogP contribution in [0, 0.1) is 0 Å². The Balaban J connectivity index is 2.01. The van der Waals surface area contributed by atoms with Gasteiger partial charge in [-0.2, -0.15) is 0 Å². The van der Waals surface area contributed by atoms with Gasteiger partial charge in [-0.1, -0.05) is 6.07 Å². The molecule has 0 aromatic heterocycles. The van der Waals surface area contributed by atoms with Crippen LogP contribution in [-0.4, -0.2) is 38.8 Å². The molecule has 110 valence electrons. The minimum Gasteiger partial charge on any atom is -0.398 e. The van der Waals surface area contributed by atoms with E-state index in [-0.39, 0.29) is 11.9 Å². The molecule has 5 nitrogen and oxygen atoms in total. The first-order valence-electron chi connectivity index (χ1n) is 7.02. The van der Waals surface area contributed by atoms with Crippen LogP contribution in [0.2, 0.25) is 0 Å². The number of nitrogen functional groups attached to an aromatic ring is 1. The number of hydrogen-bond donors (Lipinski definition) is 2. The van der Waals surface area contributed by atoms with E-state index in [2.05, 4.69) is 10.2 Å². The second-order valence-corrected chi connectivity index (χ2v) is 5.29. The highest BCUT2D eigenvalue weighted by Gasteiger charge is 2.20. The molecule has 1 aliphatic rings. The summed E-state index contributed by atoms with van der Waals surface area (Å²) in [7, 11) is 1.63. The molecular weight excluding hydrogens is 254 g/mol. The number of methoxy groups -OCH3 is 1. The van der Waals surface area contributed by atoms with Gasteiger partial charge in [0.05, 0.1) is 13.2 Å². The molecule has 1 aliphatic heterocycles. The summed E-state index contributed by atoms with van der Waals surface area (Å²) < 4.78 is 5.02. The number of ether oxygens (including phenoxy) is 1. The molecule has 1 unspecified atom stereocenters. The number of benzene rings is 1. The summed E-state index contributed by atoms with van der Waals surface area (Å²) in [4.78, 5) is 14.2. The zero-order valence-electron chi connectivity index (χ0n) is 12.2. The van der Waals surface area contributed by atoms with E-state index in [1.54, 1.807) is 7.11 Å². The lowest BCUT2D eigenvalue weighted by molar-refractivity contribution is -0.120. The van der Waals surface area contributed by atoms with Crippen LogP contribution in [0.5, 0.6) is 0 Å². The monoisotopic (exact) mass is 277 g/mol. The van der Waals surface area contributed by atoms with Crippen LogP contribution >= 0.6 is 0 Å². The van der Waals surface area contributed by atoms with Crippen molar-refractivity contribution in [1.82, 2.24) is 5.32 Å². The zero-order chi connectivity index (χ0) is 14.5. The fraction of sp³-hybridized carbons (Fsp3) is 0.533. The summed E-state index contributed by atoms with van der Waals surface area (Å²) in [5, 5.41) is 2.94. The third-order valence-electron chi connectivity index (χ3n) is 3.54. The van der Waals surface area contributed by atoms with Crippen molar-refractivity contribution < 1.29 is 9.53 Å². The van der Waals surface area contributed by atoms with E-state index in [0.29, 0.717) is 13.2 Å². The van der Waals surface area contributed by atoms with Crippen LogP contribution in [0.3, 0.4) is 0 Å². The van der Waals surface area contributed by atoms with Crippen LogP contribution in [-0.2, 0) is 16.0 Å². The van der Waals surface area contributed by atoms with Crippen LogP contribution in [0.1, 0.15) is 18.9 Å². The maximum atomic E-state index is 12.1. The van der Waals surface area contributed by atoms with E-state index in [1.165, 1.54) is 0 Å². The molecule has 20 heavy (non-hydrogen) atoms. The fourth-order valence-electron chi connectivity index (χ4n) is 2.68. The first-order chi connectivity index (χ1) is 9.61. The molecule has 1 heterocycles. The summed E-state index contributed by atoms with van der Waals surface area (Å²) in [6.07, 6.45) is 2.02. The largest absolute Gasteiger partial charge is 0.398 e. The number of fused-ring (bicyclic) bond motifs is 1. The molecule has 0 saturated heterocycles. The first-order valence-corrected chi connectivity index (χ1v) is 7.02. The van der Waals surface area contributed by atoms with Gasteiger partial charge in [0.15, 0.2) is 0 Å². The van der Waals surface area contributed by atoms with Gasteiger partial charge in [0.1, 0.15) is 0 Å². The van der Waals surface area contributed by atoms with E-state index < -0.39 is 0 Å². The topological polar surface area (TPSA) is 67.6 Å². The fourth-order valence-corrected chi connectivity index (χ4v) is 2.68. The summed E-state index contributed by atoms with van der Waals surface area (Å²) in [5.74, 6) is 0.0184. The van der Waals surface area contributed by atoms with Crippen molar-refractivity contribution in [2.45, 2.75) is 25.8 Å². The van der Waals surface area contributed by atoms with Crippen molar-refractivity contribution in [2.24, 2.45) is 0 Å². The predicted molar refractivity (Wildman–Crippen MR) is 80.9 cm³/mol. The molecule has 5 heteroatoms. The van der Waals surface area contributed by atoms with Gasteiger partial charge < -0.3 is 20.7 Å². The molecule has 1 amide bonds. The third kappa shape index (κ3) is 3.42. The molecule has 1 atom stereocenters. The molecule has 0 saturated carbocycles. The van der Waals surface area contributed by atoms with E-state index >= 15 is 0 Å². The Bertz CT molecular complexity index is 476. The van der Waals surface area contributed by atoms with Crippen molar-refractivity contribution >= 4 is 17.3 Å². The number of hydrogen-bond acceptors (Lipinski definition) is 4. The van der Waals surface area contributed by atoms with Gasteiger partial charge in [-0.15, -0.1) is 0 Å². The van der Waals surface area contributed by atoms with Crippen molar-refractivity contribution in [3.8, 4) is 0 Å². The quantitative estimate of drug-likeness (QED) is 0.793. The molecule has 0 aliphatic carbocycles. The minimum absolute atomic E-state index is 0.0184. The van der Waals surface area contributed by atoms with Gasteiger partial charge in [-0.05, 0) is 37.5 Å². The van der Waals surface area contributed by atoms with Gasteiger partial charge in [-0.25, -0.2) is 0 Å². The highest BCUT2D eigenvalue weighted by Crippen LogP contribution is 2.30. The van der Waals surface area contributed by atoms with Crippen LogP contribution in [0.15, 0.2) is 18.2 Å². The lowest BCUT2D eigenvalue weighted by atomic mass is 10.00. The van der Waals surface area contributed by atoms with Crippen molar-refractivity contribution in [1.29, 1.82) is 0 Å². The number of nitrogens with zero attached hydrogens (tertiary/aromatic N) is 1. The average molecular weight is 277 g/mol. The van der Waals surface area contributed by atoms with E-state index in [1.807, 2.05) is 25.1 Å². The maximum Gasteiger partial charge on any atom is 0.239 e. The second-order valence-electron chi connectivity index (χ2n) is 5.29. The van der Waals surface area contributed by atoms with E-state index in [9.17, 15) is 4.79 Å². The number of carbonyl (C=O) groups excluding carboxylic acids is 1. The van der Waals surface area contributed by atoms with Crippen LogP contribution in [0.25, 0.3) is 0 Å². The number of nitrogens with two attached hydrogens (primary N) is 1. The lowest BCUT2D eigenvalue weighted by Gasteiger charge is -2.31. The second kappa shape index (κ2) is 6.61. The summed E-state index contributed by atoms with van der Waals surface area (Å²) in [6, 6.07) is 5.93. The summed E-state index contributed by atoms with van der Waals surface area (Å²) >= 11 is 0. The molecule has 0 bridgehead atoms. The Morgan fingerprint density at radius 3 is 3.10 bits per heavy atom. The van der Waals surface area contributed by atoms with Crippen molar-refractivity contribution in [2.75, 3.05) is 37.4 Å². The highest BCUT2D eigenvalue weighted by molar-refractivity contribution is 5.82. The average Bonchev–Trinajstić information content (AvgIpc) is 2.40. The van der Waals surface area contributed by atoms with Gasteiger partial charge in [0.25, 0.3) is 0 Å². The lowest BCUT2D eigenvalue weighted by Crippen LogP contribution is -2.44. The Morgan fingerprint density at radius 2 is 2.35 bits per heavy atom. The molecule has 2 rings (SSSR count). The third-order valence-corrected chi connectivity index (χ3v) is 3.54. The number of nitrogens with one attached hydrogen (secondary N) is 1. The maximum absolute atomic E-state index is 12.1. The molecule has 0 spiro atoms. The molecular formula is C15H23N3O2. The van der Waals surface area contributed by atoms with Crippen LogP contribution in [0.4, 0.5) is 11.4 Å². The van der Waals surface area contributed by atoms with Gasteiger partial charge in [0.2, 0.25) is 5.91 Å². The molecule has 1 aromatic carbocycles. The highest BCUT2D eigenvalue weighted by atomic mass is 16.5. The predicted octanol–water partition coefficient (Wildman–Crippen LogP) is 1.17. The smallest absolute Gasteiger partial charge is 0.239 e. The van der Waals surface area contributed by atoms with Crippen LogP contribution < -0.4 is 16.0 Å². The Morgan fingerprint density at radius 1 is 1.55 bits per heavy atom. The van der Waals surface area contributed by atoms with Crippen molar-refractivity contribution in [3.63, 3.8) is 0 Å². The molecule has 3 N–H and O–H groups in total. The Kier molecular flexibility index (Phi) is 4.84. The summed E-state index contributed by atoms with van der Waals surface area (Å²) in [5.41, 5.74) is 9.08.